The van der Waals surface area contributed by atoms with Gasteiger partial charge < -0.3 is 4.74 Å². The molecule has 1 aliphatic carbocycles. The number of hydrogen-bond acceptors (Lipinski definition) is 3. The highest BCUT2D eigenvalue weighted by atomic mass is 16.5. The highest BCUT2D eigenvalue weighted by molar-refractivity contribution is 5.88. The zero-order valence-electron chi connectivity index (χ0n) is 8.54. The molecule has 0 aromatic rings. The molecule has 0 amide bonds. The molecule has 0 aliphatic heterocycles. The first-order chi connectivity index (χ1) is 6.63. The zero-order chi connectivity index (χ0) is 10.6. The first kappa shape index (κ1) is 11.0. The van der Waals surface area contributed by atoms with Crippen LogP contribution in [0, 0.1) is 5.92 Å². The molecular weight excluding hydrogens is 180 g/mol. The van der Waals surface area contributed by atoms with Gasteiger partial charge in [0.1, 0.15) is 5.78 Å². The molecule has 0 heterocycles. The maximum Gasteiger partial charge on any atom is 0.333 e. The first-order valence-electron chi connectivity index (χ1n) is 5.00. The number of hydrogen-bond donors (Lipinski definition) is 0. The van der Waals surface area contributed by atoms with Crippen molar-refractivity contribution in [2.24, 2.45) is 5.92 Å². The number of esters is 1. The summed E-state index contributed by atoms with van der Waals surface area (Å²) in [6, 6.07) is 0. The van der Waals surface area contributed by atoms with E-state index in [1.165, 1.54) is 0 Å². The van der Waals surface area contributed by atoms with Gasteiger partial charge in [-0.25, -0.2) is 4.79 Å². The molecule has 3 heteroatoms. The minimum Gasteiger partial charge on any atom is -0.463 e. The van der Waals surface area contributed by atoms with E-state index in [1.54, 1.807) is 6.92 Å². The van der Waals surface area contributed by atoms with Crippen molar-refractivity contribution in [2.75, 3.05) is 6.61 Å². The molecule has 1 aliphatic rings. The maximum absolute atomic E-state index is 11.2. The third-order valence-corrected chi connectivity index (χ3v) is 2.45. The number of ketones is 1. The summed E-state index contributed by atoms with van der Waals surface area (Å²) in [5.74, 6) is 0.276. The molecule has 78 valence electrons. The average Bonchev–Trinajstić information content (AvgIpc) is 2.51. The number of Topliss-reactive ketones (excluding diaryl/α,β-unsaturated/α-hetero) is 1. The van der Waals surface area contributed by atoms with Crippen LogP contribution >= 0.6 is 0 Å². The molecule has 0 saturated heterocycles. The Morgan fingerprint density at radius 3 is 2.86 bits per heavy atom. The van der Waals surface area contributed by atoms with E-state index in [9.17, 15) is 9.59 Å². The van der Waals surface area contributed by atoms with Crippen molar-refractivity contribution < 1.29 is 14.3 Å². The van der Waals surface area contributed by atoms with Crippen LogP contribution in [0.1, 0.15) is 32.6 Å². The van der Waals surface area contributed by atoms with E-state index in [0.29, 0.717) is 43.1 Å². The molecule has 14 heavy (non-hydrogen) atoms. The number of rotatable bonds is 4. The summed E-state index contributed by atoms with van der Waals surface area (Å²) >= 11 is 0. The van der Waals surface area contributed by atoms with Crippen molar-refractivity contribution in [1.29, 1.82) is 0 Å². The Morgan fingerprint density at radius 2 is 2.36 bits per heavy atom. The molecule has 0 aromatic carbocycles. The second kappa shape index (κ2) is 4.94. The Kier molecular flexibility index (Phi) is 3.86. The van der Waals surface area contributed by atoms with Gasteiger partial charge in [0.2, 0.25) is 0 Å². The van der Waals surface area contributed by atoms with E-state index in [0.717, 1.165) is 6.42 Å². The Labute approximate surface area is 84.1 Å². The third kappa shape index (κ3) is 2.98. The molecule has 3 nitrogen and oxygen atoms in total. The van der Waals surface area contributed by atoms with Crippen LogP contribution in [0.15, 0.2) is 12.2 Å². The van der Waals surface area contributed by atoms with Crippen LogP contribution < -0.4 is 0 Å². The minimum absolute atomic E-state index is 0.298. The molecule has 1 unspecified atom stereocenters. The molecule has 0 N–H and O–H groups in total. The van der Waals surface area contributed by atoms with Crippen molar-refractivity contribution in [2.45, 2.75) is 32.6 Å². The molecule has 0 bridgehead atoms. The van der Waals surface area contributed by atoms with Gasteiger partial charge in [-0.05, 0) is 25.7 Å². The topological polar surface area (TPSA) is 43.4 Å². The van der Waals surface area contributed by atoms with Gasteiger partial charge in [0, 0.05) is 18.4 Å². The van der Waals surface area contributed by atoms with Crippen molar-refractivity contribution in [3.8, 4) is 0 Å². The van der Waals surface area contributed by atoms with Gasteiger partial charge in [-0.2, -0.15) is 0 Å². The summed E-state index contributed by atoms with van der Waals surface area (Å²) in [7, 11) is 0. The fourth-order valence-electron chi connectivity index (χ4n) is 1.73. The normalized spacial score (nSPS) is 20.9. The highest BCUT2D eigenvalue weighted by Crippen LogP contribution is 2.27. The highest BCUT2D eigenvalue weighted by Gasteiger charge is 2.24. The Balaban J connectivity index is 2.33. The van der Waals surface area contributed by atoms with Crippen LogP contribution in [-0.2, 0) is 14.3 Å². The van der Waals surface area contributed by atoms with Gasteiger partial charge in [0.25, 0.3) is 0 Å². The van der Waals surface area contributed by atoms with E-state index >= 15 is 0 Å². The van der Waals surface area contributed by atoms with Crippen molar-refractivity contribution in [1.82, 2.24) is 0 Å². The van der Waals surface area contributed by atoms with Gasteiger partial charge in [-0.3, -0.25) is 4.79 Å². The van der Waals surface area contributed by atoms with Crippen LogP contribution in [0.5, 0.6) is 0 Å². The van der Waals surface area contributed by atoms with Crippen molar-refractivity contribution in [3.05, 3.63) is 12.2 Å². The molecule has 1 fully saturated rings. The predicted octanol–water partition coefficient (Wildman–Crippen LogP) is 1.86. The largest absolute Gasteiger partial charge is 0.463 e. The maximum atomic E-state index is 11.2. The van der Waals surface area contributed by atoms with Gasteiger partial charge in [0.15, 0.2) is 0 Å². The summed E-state index contributed by atoms with van der Waals surface area (Å²) in [6.45, 7) is 5.82. The quantitative estimate of drug-likeness (QED) is 0.509. The smallest absolute Gasteiger partial charge is 0.333 e. The van der Waals surface area contributed by atoms with Crippen LogP contribution in [0.2, 0.25) is 0 Å². The molecule has 0 radical (unpaired) electrons. The Bertz CT molecular complexity index is 255. The van der Waals surface area contributed by atoms with Crippen LogP contribution in [0.25, 0.3) is 0 Å². The minimum atomic E-state index is -0.327. The molecule has 0 spiro atoms. The number of ether oxygens (including phenoxy) is 1. The van der Waals surface area contributed by atoms with E-state index in [-0.39, 0.29) is 5.97 Å². The Hall–Kier alpha value is -1.12. The summed E-state index contributed by atoms with van der Waals surface area (Å²) in [5, 5.41) is 0. The lowest BCUT2D eigenvalue weighted by atomic mass is 9.99. The van der Waals surface area contributed by atoms with E-state index < -0.39 is 0 Å². The molecule has 1 atom stereocenters. The van der Waals surface area contributed by atoms with Crippen LogP contribution in [-0.4, -0.2) is 18.4 Å². The van der Waals surface area contributed by atoms with Gasteiger partial charge in [-0.1, -0.05) is 6.58 Å². The molecule has 0 aromatic heterocycles. The van der Waals surface area contributed by atoms with E-state index in [1.807, 2.05) is 0 Å². The van der Waals surface area contributed by atoms with Crippen molar-refractivity contribution >= 4 is 11.8 Å². The SMILES string of the molecule is C=C(CC1CCC(=O)C1)C(=O)OCC. The molecule has 1 saturated carbocycles. The fourth-order valence-corrected chi connectivity index (χ4v) is 1.73. The third-order valence-electron chi connectivity index (χ3n) is 2.45. The zero-order valence-corrected chi connectivity index (χ0v) is 8.54. The van der Waals surface area contributed by atoms with Gasteiger partial charge in [0.05, 0.1) is 6.61 Å². The van der Waals surface area contributed by atoms with Gasteiger partial charge in [-0.15, -0.1) is 0 Å². The first-order valence-corrected chi connectivity index (χ1v) is 5.00. The lowest BCUT2D eigenvalue weighted by Gasteiger charge is -2.09. The van der Waals surface area contributed by atoms with Gasteiger partial charge >= 0.3 is 5.97 Å². The second-order valence-corrected chi connectivity index (χ2v) is 3.68. The standard InChI is InChI=1S/C11H16O3/c1-3-14-11(13)8(2)6-9-4-5-10(12)7-9/h9H,2-7H2,1H3. The number of carbonyl (C=O) groups excluding carboxylic acids is 2. The average molecular weight is 196 g/mol. The monoisotopic (exact) mass is 196 g/mol. The van der Waals surface area contributed by atoms with E-state index in [4.69, 9.17) is 4.74 Å². The summed E-state index contributed by atoms with van der Waals surface area (Å²) in [4.78, 5) is 22.2. The fraction of sp³-hybridized carbons (Fsp3) is 0.636. The summed E-state index contributed by atoms with van der Waals surface area (Å²) in [5.41, 5.74) is 0.492. The lowest BCUT2D eigenvalue weighted by molar-refractivity contribution is -0.138. The van der Waals surface area contributed by atoms with E-state index in [2.05, 4.69) is 6.58 Å². The lowest BCUT2D eigenvalue weighted by Crippen LogP contribution is -2.09. The Morgan fingerprint density at radius 1 is 1.64 bits per heavy atom. The molecular formula is C11H16O3. The second-order valence-electron chi connectivity index (χ2n) is 3.68. The predicted molar refractivity (Wildman–Crippen MR) is 52.7 cm³/mol. The number of carbonyl (C=O) groups is 2. The molecule has 1 rings (SSSR count). The van der Waals surface area contributed by atoms with Crippen LogP contribution in [0.4, 0.5) is 0 Å². The summed E-state index contributed by atoms with van der Waals surface area (Å²) < 4.78 is 4.82. The van der Waals surface area contributed by atoms with Crippen molar-refractivity contribution in [3.63, 3.8) is 0 Å². The van der Waals surface area contributed by atoms with Crippen LogP contribution in [0.3, 0.4) is 0 Å². The summed E-state index contributed by atoms with van der Waals surface area (Å²) in [6.07, 6.45) is 2.74.